The van der Waals surface area contributed by atoms with E-state index in [4.69, 9.17) is 4.74 Å². The molecule has 1 aromatic rings. The van der Waals surface area contributed by atoms with Crippen LogP contribution in [-0.4, -0.2) is 56.3 Å². The molecular weight excluding hydrogens is 339 g/mol. The predicted octanol–water partition coefficient (Wildman–Crippen LogP) is 1.49. The average molecular weight is 365 g/mol. The number of carbonyl (C=O) groups excluding carboxylic acids is 1. The lowest BCUT2D eigenvalue weighted by atomic mass is 10.2. The summed E-state index contributed by atoms with van der Waals surface area (Å²) in [6, 6.07) is 3.87. The van der Waals surface area contributed by atoms with Gasteiger partial charge in [0.1, 0.15) is 5.82 Å². The van der Waals surface area contributed by atoms with Crippen molar-refractivity contribution >= 4 is 36.5 Å². The number of rotatable bonds is 6. The zero-order chi connectivity index (χ0) is 15.1. The smallest absolute Gasteiger partial charge is 0.255 e. The lowest BCUT2D eigenvalue weighted by molar-refractivity contribution is 0.0948. The van der Waals surface area contributed by atoms with Crippen molar-refractivity contribution in [3.05, 3.63) is 23.9 Å². The molecule has 0 radical (unpaired) electrons. The third-order valence-electron chi connectivity index (χ3n) is 3.46. The molecule has 0 saturated carbocycles. The Hall–Kier alpha value is -1.08. The number of anilines is 1. The number of hydrogen-bond donors (Lipinski definition) is 2. The molecule has 0 aliphatic carbocycles. The fraction of sp³-hybridized carbons (Fsp3) is 0.600. The van der Waals surface area contributed by atoms with E-state index >= 15 is 0 Å². The van der Waals surface area contributed by atoms with Gasteiger partial charge in [-0.3, -0.25) is 4.79 Å². The number of hydrogen-bond acceptors (Lipinski definition) is 5. The Balaban J connectivity index is 0.00000242. The highest BCUT2D eigenvalue weighted by Gasteiger charge is 2.19. The lowest BCUT2D eigenvalue weighted by Gasteiger charge is -2.29. The lowest BCUT2D eigenvalue weighted by Crippen LogP contribution is -2.41. The molecular formula is C15H26Cl2N4O2. The number of aromatic nitrogens is 1. The van der Waals surface area contributed by atoms with Gasteiger partial charge in [-0.2, -0.15) is 0 Å². The van der Waals surface area contributed by atoms with Crippen molar-refractivity contribution in [2.75, 3.05) is 44.3 Å². The molecule has 23 heavy (non-hydrogen) atoms. The van der Waals surface area contributed by atoms with Gasteiger partial charge in [-0.1, -0.05) is 6.92 Å². The first-order chi connectivity index (χ1) is 10.2. The second-order valence-corrected chi connectivity index (χ2v) is 5.14. The van der Waals surface area contributed by atoms with Gasteiger partial charge in [0.05, 0.1) is 18.8 Å². The first-order valence-electron chi connectivity index (χ1n) is 7.51. The van der Waals surface area contributed by atoms with Crippen molar-refractivity contribution in [3.8, 4) is 0 Å². The Kier molecular flexibility index (Phi) is 10.9. The Morgan fingerprint density at radius 3 is 2.74 bits per heavy atom. The van der Waals surface area contributed by atoms with Crippen LogP contribution in [0.3, 0.4) is 0 Å². The molecule has 2 rings (SSSR count). The van der Waals surface area contributed by atoms with E-state index in [1.165, 1.54) is 0 Å². The minimum atomic E-state index is -0.0747. The van der Waals surface area contributed by atoms with E-state index in [9.17, 15) is 4.79 Å². The molecule has 1 atom stereocenters. The number of amides is 1. The maximum absolute atomic E-state index is 12.4. The molecule has 8 heteroatoms. The van der Waals surface area contributed by atoms with Gasteiger partial charge in [-0.25, -0.2) is 4.98 Å². The fourth-order valence-electron chi connectivity index (χ4n) is 2.36. The molecule has 0 spiro atoms. The quantitative estimate of drug-likeness (QED) is 0.800. The number of nitrogens with one attached hydrogen (secondary N) is 2. The second kappa shape index (κ2) is 11.5. The molecule has 2 heterocycles. The average Bonchev–Trinajstić information content (AvgIpc) is 2.54. The van der Waals surface area contributed by atoms with E-state index in [-0.39, 0.29) is 36.8 Å². The van der Waals surface area contributed by atoms with E-state index in [1.54, 1.807) is 12.3 Å². The van der Waals surface area contributed by atoms with Crippen LogP contribution in [0.25, 0.3) is 0 Å². The van der Waals surface area contributed by atoms with Gasteiger partial charge in [0.2, 0.25) is 0 Å². The van der Waals surface area contributed by atoms with Crippen LogP contribution in [-0.2, 0) is 4.74 Å². The van der Waals surface area contributed by atoms with Crippen molar-refractivity contribution in [1.29, 1.82) is 0 Å². The molecule has 1 aromatic heterocycles. The predicted molar refractivity (Wildman–Crippen MR) is 97.2 cm³/mol. The van der Waals surface area contributed by atoms with Gasteiger partial charge in [0.15, 0.2) is 0 Å². The molecule has 1 saturated heterocycles. The fourth-order valence-corrected chi connectivity index (χ4v) is 2.36. The minimum Gasteiger partial charge on any atom is -0.378 e. The molecule has 6 nitrogen and oxygen atoms in total. The molecule has 0 bridgehead atoms. The van der Waals surface area contributed by atoms with Crippen LogP contribution in [0.15, 0.2) is 18.3 Å². The second-order valence-electron chi connectivity index (χ2n) is 5.14. The third kappa shape index (κ3) is 6.51. The standard InChI is InChI=1S/C15H24N4O2.2ClH/c1-3-16-12(2)11-18-15(20)13-5-4-6-17-14(13)19-7-9-21-10-8-19;;/h4-6,12,16H,3,7-11H2,1-2H3,(H,18,20);2*1H/t12-;;/m1../s1. The molecule has 1 amide bonds. The first-order valence-corrected chi connectivity index (χ1v) is 7.51. The van der Waals surface area contributed by atoms with E-state index in [1.807, 2.05) is 6.07 Å². The number of nitrogens with zero attached hydrogens (tertiary/aromatic N) is 2. The van der Waals surface area contributed by atoms with Crippen LogP contribution < -0.4 is 15.5 Å². The highest BCUT2D eigenvalue weighted by atomic mass is 35.5. The van der Waals surface area contributed by atoms with Gasteiger partial charge in [-0.15, -0.1) is 24.8 Å². The maximum Gasteiger partial charge on any atom is 0.255 e. The first kappa shape index (κ1) is 21.9. The van der Waals surface area contributed by atoms with Gasteiger partial charge in [0.25, 0.3) is 5.91 Å². The molecule has 1 aliphatic rings. The summed E-state index contributed by atoms with van der Waals surface area (Å²) in [5, 5.41) is 6.24. The summed E-state index contributed by atoms with van der Waals surface area (Å²) in [6.07, 6.45) is 1.73. The highest BCUT2D eigenvalue weighted by Crippen LogP contribution is 2.18. The number of likely N-dealkylation sites (N-methyl/N-ethyl adjacent to an activating group) is 1. The zero-order valence-corrected chi connectivity index (χ0v) is 15.2. The Morgan fingerprint density at radius 2 is 2.09 bits per heavy atom. The Morgan fingerprint density at radius 1 is 1.39 bits per heavy atom. The van der Waals surface area contributed by atoms with Crippen molar-refractivity contribution < 1.29 is 9.53 Å². The van der Waals surface area contributed by atoms with Crippen molar-refractivity contribution in [3.63, 3.8) is 0 Å². The molecule has 2 N–H and O–H groups in total. The van der Waals surface area contributed by atoms with Crippen LogP contribution >= 0.6 is 24.8 Å². The third-order valence-corrected chi connectivity index (χ3v) is 3.46. The van der Waals surface area contributed by atoms with Gasteiger partial charge < -0.3 is 20.3 Å². The summed E-state index contributed by atoms with van der Waals surface area (Å²) in [4.78, 5) is 18.9. The number of pyridine rings is 1. The number of halogens is 2. The topological polar surface area (TPSA) is 66.5 Å². The van der Waals surface area contributed by atoms with Crippen LogP contribution in [0.2, 0.25) is 0 Å². The SMILES string of the molecule is CCN[C@H](C)CNC(=O)c1cccnc1N1CCOCC1.Cl.Cl. The molecule has 1 fully saturated rings. The number of ether oxygens (including phenoxy) is 1. The number of morpholine rings is 1. The molecule has 0 aromatic carbocycles. The van der Waals surface area contributed by atoms with Crippen molar-refractivity contribution in [2.45, 2.75) is 19.9 Å². The van der Waals surface area contributed by atoms with E-state index < -0.39 is 0 Å². The van der Waals surface area contributed by atoms with Crippen LogP contribution in [0.4, 0.5) is 5.82 Å². The van der Waals surface area contributed by atoms with Gasteiger partial charge >= 0.3 is 0 Å². The van der Waals surface area contributed by atoms with Gasteiger partial charge in [0, 0.05) is 31.9 Å². The summed E-state index contributed by atoms with van der Waals surface area (Å²) in [7, 11) is 0. The van der Waals surface area contributed by atoms with Crippen molar-refractivity contribution in [1.82, 2.24) is 15.6 Å². The molecule has 0 unspecified atom stereocenters. The number of carbonyl (C=O) groups is 1. The van der Waals surface area contributed by atoms with E-state index in [0.717, 1.165) is 25.5 Å². The van der Waals surface area contributed by atoms with Crippen molar-refractivity contribution in [2.24, 2.45) is 0 Å². The maximum atomic E-state index is 12.4. The van der Waals surface area contributed by atoms with Gasteiger partial charge in [-0.05, 0) is 25.6 Å². The Labute approximate surface area is 150 Å². The van der Waals surface area contributed by atoms with Crippen LogP contribution in [0, 0.1) is 0 Å². The van der Waals surface area contributed by atoms with Crippen LogP contribution in [0.1, 0.15) is 24.2 Å². The summed E-state index contributed by atoms with van der Waals surface area (Å²) in [5.41, 5.74) is 0.628. The Bertz CT molecular complexity index is 471. The van der Waals surface area contributed by atoms with E-state index in [0.29, 0.717) is 25.3 Å². The summed E-state index contributed by atoms with van der Waals surface area (Å²) < 4.78 is 5.35. The minimum absolute atomic E-state index is 0. The highest BCUT2D eigenvalue weighted by molar-refractivity contribution is 5.98. The molecule has 1 aliphatic heterocycles. The van der Waals surface area contributed by atoms with Crippen LogP contribution in [0.5, 0.6) is 0 Å². The zero-order valence-electron chi connectivity index (χ0n) is 13.6. The normalized spacial score (nSPS) is 15.1. The van der Waals surface area contributed by atoms with E-state index in [2.05, 4.69) is 34.4 Å². The summed E-state index contributed by atoms with van der Waals surface area (Å²) in [5.74, 6) is 0.670. The summed E-state index contributed by atoms with van der Waals surface area (Å²) >= 11 is 0. The largest absolute Gasteiger partial charge is 0.378 e. The summed E-state index contributed by atoms with van der Waals surface area (Å²) in [6.45, 7) is 8.49. The molecule has 132 valence electrons. The monoisotopic (exact) mass is 364 g/mol.